The molecule has 1 N–H and O–H groups in total. The highest BCUT2D eigenvalue weighted by molar-refractivity contribution is 6.22. The van der Waals surface area contributed by atoms with Crippen LogP contribution in [0, 0.1) is 6.92 Å². The van der Waals surface area contributed by atoms with Crippen molar-refractivity contribution in [2.24, 2.45) is 0 Å². The van der Waals surface area contributed by atoms with Gasteiger partial charge in [0.15, 0.2) is 5.75 Å². The molecule has 2 aromatic rings. The van der Waals surface area contributed by atoms with Gasteiger partial charge in [0.1, 0.15) is 5.56 Å². The number of carbonyl (C=O) groups excluding carboxylic acids is 2. The molecule has 1 aliphatic rings. The molecule has 0 spiro atoms. The van der Waals surface area contributed by atoms with Crippen LogP contribution in [0.3, 0.4) is 0 Å². The van der Waals surface area contributed by atoms with Crippen molar-refractivity contribution in [1.82, 2.24) is 9.47 Å². The van der Waals surface area contributed by atoms with Crippen molar-refractivity contribution in [2.45, 2.75) is 26.3 Å². The quantitative estimate of drug-likeness (QED) is 0.868. The number of aromatic hydroxyl groups is 1. The summed E-state index contributed by atoms with van der Waals surface area (Å²) < 4.78 is 1.38. The molecular weight excluding hydrogens is 308 g/mol. The molecule has 0 atom stereocenters. The van der Waals surface area contributed by atoms with E-state index in [1.165, 1.54) is 11.6 Å². The second-order valence-corrected chi connectivity index (χ2v) is 5.90. The van der Waals surface area contributed by atoms with Gasteiger partial charge in [0.25, 0.3) is 17.4 Å². The first kappa shape index (κ1) is 16.0. The van der Waals surface area contributed by atoms with Crippen LogP contribution in [0.2, 0.25) is 0 Å². The van der Waals surface area contributed by atoms with Crippen LogP contribution in [-0.4, -0.2) is 33.4 Å². The maximum Gasteiger partial charge on any atom is 0.293 e. The number of pyridine rings is 1. The second kappa shape index (κ2) is 5.96. The van der Waals surface area contributed by atoms with Crippen LogP contribution < -0.4 is 5.56 Å². The maximum atomic E-state index is 12.4. The number of benzene rings is 1. The lowest BCUT2D eigenvalue weighted by Crippen LogP contribution is -2.26. The number of nitrogens with zero attached hydrogens (tertiary/aromatic N) is 2. The van der Waals surface area contributed by atoms with Crippen molar-refractivity contribution in [3.05, 3.63) is 63.1 Å². The zero-order valence-corrected chi connectivity index (χ0v) is 13.6. The van der Waals surface area contributed by atoms with Crippen molar-refractivity contribution < 1.29 is 14.7 Å². The highest BCUT2D eigenvalue weighted by Crippen LogP contribution is 2.29. The van der Waals surface area contributed by atoms with Crippen LogP contribution in [0.5, 0.6) is 5.75 Å². The zero-order valence-electron chi connectivity index (χ0n) is 13.6. The van der Waals surface area contributed by atoms with E-state index in [9.17, 15) is 19.5 Å². The van der Waals surface area contributed by atoms with Gasteiger partial charge in [-0.2, -0.15) is 0 Å². The van der Waals surface area contributed by atoms with Gasteiger partial charge in [0, 0.05) is 19.3 Å². The number of hydrogen-bond acceptors (Lipinski definition) is 4. The van der Waals surface area contributed by atoms with Gasteiger partial charge in [0.2, 0.25) is 0 Å². The van der Waals surface area contributed by atoms with Gasteiger partial charge < -0.3 is 9.67 Å². The Morgan fingerprint density at radius 2 is 1.62 bits per heavy atom. The monoisotopic (exact) mass is 326 g/mol. The lowest BCUT2D eigenvalue weighted by molar-refractivity contribution is 0.0692. The molecule has 0 unspecified atom stereocenters. The highest BCUT2D eigenvalue weighted by Gasteiger charge is 2.39. The smallest absolute Gasteiger partial charge is 0.293 e. The van der Waals surface area contributed by atoms with Gasteiger partial charge in [0.05, 0.1) is 5.56 Å². The summed E-state index contributed by atoms with van der Waals surface area (Å²) >= 11 is 0. The zero-order chi connectivity index (χ0) is 17.4. The van der Waals surface area contributed by atoms with Gasteiger partial charge in [-0.15, -0.1) is 0 Å². The number of amides is 2. The molecule has 6 nitrogen and oxygen atoms in total. The number of fused-ring (bicyclic) bond motifs is 1. The van der Waals surface area contributed by atoms with Crippen molar-refractivity contribution in [1.29, 1.82) is 0 Å². The predicted octanol–water partition coefficient (Wildman–Crippen LogP) is 1.72. The van der Waals surface area contributed by atoms with Gasteiger partial charge in [-0.25, -0.2) is 0 Å². The first-order chi connectivity index (χ1) is 11.4. The number of aryl methyl sites for hydroxylation is 1. The van der Waals surface area contributed by atoms with E-state index in [-0.39, 0.29) is 11.1 Å². The molecular formula is C18H18N2O4. The van der Waals surface area contributed by atoms with Crippen LogP contribution in [0.15, 0.2) is 35.1 Å². The number of aromatic nitrogens is 1. The number of imide groups is 1. The van der Waals surface area contributed by atoms with E-state index in [1.807, 2.05) is 30.3 Å². The average molecular weight is 326 g/mol. The SMILES string of the molecule is Cc1c2c(c(O)c(=O)n1CCCc1ccccc1)C(=O)N(C)C2=O. The summed E-state index contributed by atoms with van der Waals surface area (Å²) in [4.78, 5) is 37.6. The maximum absolute atomic E-state index is 12.4. The molecule has 0 radical (unpaired) electrons. The fraction of sp³-hybridized carbons (Fsp3) is 0.278. The molecule has 1 aromatic carbocycles. The molecule has 1 aromatic heterocycles. The topological polar surface area (TPSA) is 79.6 Å². The van der Waals surface area contributed by atoms with Crippen molar-refractivity contribution >= 4 is 11.8 Å². The van der Waals surface area contributed by atoms with E-state index in [1.54, 1.807) is 6.92 Å². The standard InChI is InChI=1S/C18H18N2O4/c1-11-13-14(17(23)19(2)16(13)22)15(21)18(24)20(11)10-6-9-12-7-4-3-5-8-12/h3-5,7-8,21H,6,9-10H2,1-2H3. The van der Waals surface area contributed by atoms with Crippen LogP contribution in [0.1, 0.15) is 38.4 Å². The summed E-state index contributed by atoms with van der Waals surface area (Å²) in [6.07, 6.45) is 1.46. The minimum Gasteiger partial charge on any atom is -0.502 e. The number of rotatable bonds is 4. The molecule has 2 amide bonds. The lowest BCUT2D eigenvalue weighted by Gasteiger charge is -2.13. The van der Waals surface area contributed by atoms with E-state index in [4.69, 9.17) is 0 Å². The highest BCUT2D eigenvalue weighted by atomic mass is 16.3. The molecule has 0 fully saturated rings. The minimum atomic E-state index is -0.641. The Bertz CT molecular complexity index is 884. The molecule has 124 valence electrons. The third kappa shape index (κ3) is 2.40. The Morgan fingerprint density at radius 3 is 2.29 bits per heavy atom. The Labute approximate surface area is 139 Å². The van der Waals surface area contributed by atoms with Crippen LogP contribution in [-0.2, 0) is 13.0 Å². The molecule has 0 aliphatic carbocycles. The van der Waals surface area contributed by atoms with Crippen LogP contribution in [0.4, 0.5) is 0 Å². The van der Waals surface area contributed by atoms with Crippen LogP contribution in [0.25, 0.3) is 0 Å². The predicted molar refractivity (Wildman–Crippen MR) is 88.3 cm³/mol. The Kier molecular flexibility index (Phi) is 3.97. The largest absolute Gasteiger partial charge is 0.502 e. The summed E-state index contributed by atoms with van der Waals surface area (Å²) in [5, 5.41) is 10.1. The van der Waals surface area contributed by atoms with E-state index in [0.717, 1.165) is 16.9 Å². The molecule has 1 aliphatic heterocycles. The average Bonchev–Trinajstić information content (AvgIpc) is 2.81. The molecule has 3 rings (SSSR count). The fourth-order valence-electron chi connectivity index (χ4n) is 3.07. The Balaban J connectivity index is 1.93. The first-order valence-electron chi connectivity index (χ1n) is 7.76. The van der Waals surface area contributed by atoms with Crippen molar-refractivity contribution in [3.63, 3.8) is 0 Å². The molecule has 0 saturated carbocycles. The summed E-state index contributed by atoms with van der Waals surface area (Å²) in [6, 6.07) is 9.86. The molecule has 24 heavy (non-hydrogen) atoms. The third-order valence-corrected chi connectivity index (χ3v) is 4.43. The van der Waals surface area contributed by atoms with E-state index >= 15 is 0 Å². The van der Waals surface area contributed by atoms with Gasteiger partial charge in [-0.1, -0.05) is 30.3 Å². The molecule has 0 saturated heterocycles. The normalized spacial score (nSPS) is 13.5. The summed E-state index contributed by atoms with van der Waals surface area (Å²) in [5.41, 5.74) is 0.891. The summed E-state index contributed by atoms with van der Waals surface area (Å²) in [5.74, 6) is -1.76. The number of carbonyl (C=O) groups is 2. The fourth-order valence-corrected chi connectivity index (χ4v) is 3.07. The van der Waals surface area contributed by atoms with Crippen LogP contribution >= 0.6 is 0 Å². The van der Waals surface area contributed by atoms with E-state index in [2.05, 4.69) is 0 Å². The summed E-state index contributed by atoms with van der Waals surface area (Å²) in [6.45, 7) is 2.00. The molecule has 2 heterocycles. The van der Waals surface area contributed by atoms with Gasteiger partial charge in [-0.3, -0.25) is 19.3 Å². The Hall–Kier alpha value is -2.89. The third-order valence-electron chi connectivity index (χ3n) is 4.43. The number of hydrogen-bond donors (Lipinski definition) is 1. The van der Waals surface area contributed by atoms with E-state index in [0.29, 0.717) is 18.7 Å². The lowest BCUT2D eigenvalue weighted by atomic mass is 10.1. The summed E-state index contributed by atoms with van der Waals surface area (Å²) in [7, 11) is 1.34. The van der Waals surface area contributed by atoms with Gasteiger partial charge >= 0.3 is 0 Å². The second-order valence-electron chi connectivity index (χ2n) is 5.90. The molecule has 0 bridgehead atoms. The minimum absolute atomic E-state index is 0.124. The molecule has 6 heteroatoms. The first-order valence-corrected chi connectivity index (χ1v) is 7.76. The van der Waals surface area contributed by atoms with E-state index < -0.39 is 23.1 Å². The van der Waals surface area contributed by atoms with Crippen molar-refractivity contribution in [3.8, 4) is 5.75 Å². The van der Waals surface area contributed by atoms with Crippen molar-refractivity contribution in [2.75, 3.05) is 7.05 Å². The van der Waals surface area contributed by atoms with Gasteiger partial charge in [-0.05, 0) is 25.3 Å². The Morgan fingerprint density at radius 1 is 1.00 bits per heavy atom.